The summed E-state index contributed by atoms with van der Waals surface area (Å²) in [4.78, 5) is 51.4. The first-order chi connectivity index (χ1) is 15.8. The Bertz CT molecular complexity index is 1300. The summed E-state index contributed by atoms with van der Waals surface area (Å²) >= 11 is 12.1. The second-order valence-electron chi connectivity index (χ2n) is 7.03. The van der Waals surface area contributed by atoms with Crippen molar-refractivity contribution in [1.82, 2.24) is 0 Å². The van der Waals surface area contributed by atoms with Gasteiger partial charge in [0.15, 0.2) is 12.4 Å². The van der Waals surface area contributed by atoms with Crippen molar-refractivity contribution in [3.8, 4) is 5.75 Å². The molecule has 0 aromatic heterocycles. The van der Waals surface area contributed by atoms with Crippen LogP contribution in [0.3, 0.4) is 0 Å². The molecule has 0 bridgehead atoms. The molecule has 3 aromatic rings. The van der Waals surface area contributed by atoms with Gasteiger partial charge in [-0.25, -0.2) is 9.69 Å². The average Bonchev–Trinajstić information content (AvgIpc) is 3.08. The van der Waals surface area contributed by atoms with Gasteiger partial charge in [0.25, 0.3) is 11.8 Å². The lowest BCUT2D eigenvalue weighted by Gasteiger charge is -2.15. The van der Waals surface area contributed by atoms with Gasteiger partial charge in [0, 0.05) is 10.6 Å². The Morgan fingerprint density at radius 1 is 0.848 bits per heavy atom. The zero-order valence-electron chi connectivity index (χ0n) is 17.1. The van der Waals surface area contributed by atoms with Crippen molar-refractivity contribution in [2.45, 2.75) is 0 Å². The third-order valence-corrected chi connectivity index (χ3v) is 5.57. The number of methoxy groups -OCH3 is 1. The summed E-state index contributed by atoms with van der Waals surface area (Å²) < 4.78 is 10.1. The van der Waals surface area contributed by atoms with E-state index in [-0.39, 0.29) is 27.4 Å². The van der Waals surface area contributed by atoms with Crippen molar-refractivity contribution in [2.24, 2.45) is 0 Å². The van der Waals surface area contributed by atoms with Gasteiger partial charge >= 0.3 is 5.97 Å². The number of benzene rings is 3. The molecule has 2 amide bonds. The monoisotopic (exact) mass is 483 g/mol. The standard InChI is InChI=1S/C24H15Cl2NO6/c1-32-16-6-2-13(3-7-16)21(28)12-33-24(31)14-4-8-17-18(10-14)23(30)27(22(17)29)20-11-15(25)5-9-19(20)26/h2-11H,12H2,1H3. The fourth-order valence-electron chi connectivity index (χ4n) is 3.32. The minimum absolute atomic E-state index is 0.0203. The number of anilines is 1. The summed E-state index contributed by atoms with van der Waals surface area (Å²) in [6.07, 6.45) is 0. The maximum Gasteiger partial charge on any atom is 0.338 e. The summed E-state index contributed by atoms with van der Waals surface area (Å²) in [5.41, 5.74) is 0.655. The Kier molecular flexibility index (Phi) is 6.18. The molecule has 3 aromatic carbocycles. The van der Waals surface area contributed by atoms with Gasteiger partial charge in [-0.15, -0.1) is 0 Å². The number of Topliss-reactive ketones (excluding diaryl/α,β-unsaturated/α-hetero) is 1. The number of fused-ring (bicyclic) bond motifs is 1. The lowest BCUT2D eigenvalue weighted by atomic mass is 10.1. The number of amides is 2. The molecule has 0 N–H and O–H groups in total. The van der Waals surface area contributed by atoms with E-state index in [0.29, 0.717) is 16.3 Å². The Balaban J connectivity index is 1.51. The van der Waals surface area contributed by atoms with Gasteiger partial charge in [-0.05, 0) is 60.7 Å². The fraction of sp³-hybridized carbons (Fsp3) is 0.0833. The van der Waals surface area contributed by atoms with Crippen molar-refractivity contribution in [2.75, 3.05) is 18.6 Å². The molecule has 9 heteroatoms. The molecule has 0 saturated heterocycles. The Morgan fingerprint density at radius 2 is 1.52 bits per heavy atom. The SMILES string of the molecule is COc1ccc(C(=O)COC(=O)c2ccc3c(c2)C(=O)N(c2cc(Cl)ccc2Cl)C3=O)cc1. The third-order valence-electron chi connectivity index (χ3n) is 5.02. The number of ether oxygens (including phenoxy) is 2. The van der Waals surface area contributed by atoms with Crippen LogP contribution in [0, 0.1) is 0 Å². The molecular formula is C24H15Cl2NO6. The minimum atomic E-state index is -0.806. The van der Waals surface area contributed by atoms with Crippen molar-refractivity contribution < 1.29 is 28.7 Å². The third kappa shape index (κ3) is 4.33. The lowest BCUT2D eigenvalue weighted by molar-refractivity contribution is 0.0474. The van der Waals surface area contributed by atoms with Gasteiger partial charge in [-0.3, -0.25) is 14.4 Å². The van der Waals surface area contributed by atoms with Crippen molar-refractivity contribution in [1.29, 1.82) is 0 Å². The molecule has 166 valence electrons. The molecule has 7 nitrogen and oxygen atoms in total. The number of rotatable bonds is 6. The number of esters is 1. The van der Waals surface area contributed by atoms with E-state index in [1.54, 1.807) is 24.3 Å². The molecule has 0 fully saturated rings. The van der Waals surface area contributed by atoms with Crippen molar-refractivity contribution in [3.05, 3.63) is 93.0 Å². The average molecular weight is 484 g/mol. The molecule has 1 aliphatic rings. The Labute approximate surface area is 198 Å². The fourth-order valence-corrected chi connectivity index (χ4v) is 3.69. The maximum absolute atomic E-state index is 12.9. The summed E-state index contributed by atoms with van der Waals surface area (Å²) in [6.45, 7) is -0.487. The molecule has 0 aliphatic carbocycles. The molecule has 1 aliphatic heterocycles. The summed E-state index contributed by atoms with van der Waals surface area (Å²) in [6, 6.07) is 14.8. The van der Waals surface area contributed by atoms with E-state index in [9.17, 15) is 19.2 Å². The predicted molar refractivity (Wildman–Crippen MR) is 122 cm³/mol. The molecule has 33 heavy (non-hydrogen) atoms. The van der Waals surface area contributed by atoms with E-state index in [1.165, 1.54) is 43.5 Å². The van der Waals surface area contributed by atoms with Gasteiger partial charge in [0.1, 0.15) is 5.75 Å². The first kappa shape index (κ1) is 22.5. The van der Waals surface area contributed by atoms with E-state index < -0.39 is 30.2 Å². The van der Waals surface area contributed by atoms with E-state index in [4.69, 9.17) is 32.7 Å². The minimum Gasteiger partial charge on any atom is -0.497 e. The molecule has 1 heterocycles. The molecule has 0 radical (unpaired) electrons. The van der Waals surface area contributed by atoms with E-state index in [0.717, 1.165) is 4.90 Å². The van der Waals surface area contributed by atoms with Crippen LogP contribution in [0.15, 0.2) is 60.7 Å². The van der Waals surface area contributed by atoms with Crippen LogP contribution in [0.2, 0.25) is 10.0 Å². The predicted octanol–water partition coefficient (Wildman–Crippen LogP) is 4.84. The quantitative estimate of drug-likeness (QED) is 0.283. The topological polar surface area (TPSA) is 90.0 Å². The lowest BCUT2D eigenvalue weighted by Crippen LogP contribution is -2.29. The molecule has 0 saturated carbocycles. The van der Waals surface area contributed by atoms with Crippen LogP contribution in [0.4, 0.5) is 5.69 Å². The highest BCUT2D eigenvalue weighted by atomic mass is 35.5. The summed E-state index contributed by atoms with van der Waals surface area (Å²) in [7, 11) is 1.51. The zero-order chi connectivity index (χ0) is 23.7. The van der Waals surface area contributed by atoms with Gasteiger partial charge < -0.3 is 9.47 Å². The van der Waals surface area contributed by atoms with Gasteiger partial charge in [0.05, 0.1) is 34.5 Å². The number of nitrogens with zero attached hydrogens (tertiary/aromatic N) is 1. The molecular weight excluding hydrogens is 469 g/mol. The molecule has 0 spiro atoms. The van der Waals surface area contributed by atoms with Crippen LogP contribution >= 0.6 is 23.2 Å². The highest BCUT2D eigenvalue weighted by Crippen LogP contribution is 2.35. The Hall–Kier alpha value is -3.68. The highest BCUT2D eigenvalue weighted by molar-refractivity contribution is 6.41. The molecule has 0 atom stereocenters. The van der Waals surface area contributed by atoms with Crippen LogP contribution in [-0.2, 0) is 4.74 Å². The normalized spacial score (nSPS) is 12.5. The van der Waals surface area contributed by atoms with E-state index >= 15 is 0 Å². The maximum atomic E-state index is 12.9. The smallest absolute Gasteiger partial charge is 0.338 e. The zero-order valence-corrected chi connectivity index (χ0v) is 18.6. The van der Waals surface area contributed by atoms with Crippen molar-refractivity contribution >= 4 is 52.5 Å². The number of carbonyl (C=O) groups is 4. The number of carbonyl (C=O) groups excluding carboxylic acids is 4. The van der Waals surface area contributed by atoms with Crippen LogP contribution in [0.1, 0.15) is 41.4 Å². The second-order valence-corrected chi connectivity index (χ2v) is 7.87. The highest BCUT2D eigenvalue weighted by Gasteiger charge is 2.38. The summed E-state index contributed by atoms with van der Waals surface area (Å²) in [5.74, 6) is -1.86. The molecule has 0 unspecified atom stereocenters. The van der Waals surface area contributed by atoms with Crippen LogP contribution in [0.25, 0.3) is 0 Å². The first-order valence-electron chi connectivity index (χ1n) is 9.62. The van der Waals surface area contributed by atoms with Crippen LogP contribution in [0.5, 0.6) is 5.75 Å². The van der Waals surface area contributed by atoms with E-state index in [2.05, 4.69) is 0 Å². The van der Waals surface area contributed by atoms with Crippen molar-refractivity contribution in [3.63, 3.8) is 0 Å². The largest absolute Gasteiger partial charge is 0.497 e. The summed E-state index contributed by atoms with van der Waals surface area (Å²) in [5, 5.41) is 0.474. The van der Waals surface area contributed by atoms with Gasteiger partial charge in [0.2, 0.25) is 0 Å². The molecule has 4 rings (SSSR count). The van der Waals surface area contributed by atoms with Crippen LogP contribution in [-0.4, -0.2) is 37.3 Å². The van der Waals surface area contributed by atoms with Gasteiger partial charge in [-0.1, -0.05) is 23.2 Å². The first-order valence-corrected chi connectivity index (χ1v) is 10.4. The van der Waals surface area contributed by atoms with Gasteiger partial charge in [-0.2, -0.15) is 0 Å². The number of halogens is 2. The Morgan fingerprint density at radius 3 is 2.21 bits per heavy atom. The van der Waals surface area contributed by atoms with E-state index in [1.807, 2.05) is 0 Å². The number of imide groups is 1. The number of hydrogen-bond donors (Lipinski definition) is 0. The second kappa shape index (κ2) is 9.05. The number of hydrogen-bond acceptors (Lipinski definition) is 6. The van der Waals surface area contributed by atoms with Crippen LogP contribution < -0.4 is 9.64 Å². The number of ketones is 1.